The van der Waals surface area contributed by atoms with Crippen molar-refractivity contribution in [3.05, 3.63) is 101 Å². The van der Waals surface area contributed by atoms with Crippen molar-refractivity contribution in [1.82, 2.24) is 25.0 Å². The molecular formula is C53H64FN7O7S5. The first-order valence-electron chi connectivity index (χ1n) is 23.8. The van der Waals surface area contributed by atoms with Crippen LogP contribution in [0.25, 0.3) is 43.4 Å². The highest BCUT2D eigenvalue weighted by Crippen LogP contribution is 2.49. The third-order valence-electron chi connectivity index (χ3n) is 14.3. The molecule has 0 radical (unpaired) electrons. The quantitative estimate of drug-likeness (QED) is 0.133. The molecule has 20 heteroatoms. The molecule has 5 aromatic rings. The Morgan fingerprint density at radius 1 is 0.740 bits per heavy atom. The van der Waals surface area contributed by atoms with Gasteiger partial charge < -0.3 is 39.2 Å². The number of nitrogens with one attached hydrogen (secondary N) is 2. The third-order valence-corrected chi connectivity index (χ3v) is 15.3. The van der Waals surface area contributed by atoms with Crippen LogP contribution >= 0.6 is 65.3 Å². The number of likely N-dealkylation sites (tertiary alicyclic amines) is 2. The summed E-state index contributed by atoms with van der Waals surface area (Å²) in [4.78, 5) is 65.4. The van der Waals surface area contributed by atoms with Crippen LogP contribution in [-0.4, -0.2) is 101 Å². The predicted octanol–water partition coefficient (Wildman–Crippen LogP) is 10.2. The Morgan fingerprint density at radius 2 is 1.30 bits per heavy atom. The number of carbonyl (C=O) groups is 4. The summed E-state index contributed by atoms with van der Waals surface area (Å²) in [6.45, 7) is 8.72. The van der Waals surface area contributed by atoms with Gasteiger partial charge in [-0.05, 0) is 96.2 Å². The SMILES string of the molecule is COC(=O)N[C@H](C(=O)N1CCC[C@H]1C1=NC=C(c2cc(F)c3c(c2)OC(c2csc4ccccc24)n2c-3cc3cc(C4=CN=C([C@@H]5CCCN5C(=O)[C@@H](NC(=O)OC)C(C)C)C4)ccc32)C1)C(C)C.S.S.S.S. The molecule has 5 aliphatic rings. The van der Waals surface area contributed by atoms with E-state index in [-0.39, 0.29) is 89.7 Å². The lowest BCUT2D eigenvalue weighted by Crippen LogP contribution is -2.53. The molecule has 390 valence electrons. The largest absolute Gasteiger partial charge is 0.465 e. The number of alkyl carbamates (subject to hydrolysis) is 2. The van der Waals surface area contributed by atoms with Crippen LogP contribution < -0.4 is 15.4 Å². The molecule has 7 heterocycles. The molecule has 2 N–H and O–H groups in total. The van der Waals surface area contributed by atoms with Crippen molar-refractivity contribution in [2.75, 3.05) is 27.3 Å². The second kappa shape index (κ2) is 23.4. The highest BCUT2D eigenvalue weighted by molar-refractivity contribution is 7.59. The first kappa shape index (κ1) is 56.9. The number of rotatable bonds is 11. The van der Waals surface area contributed by atoms with Crippen molar-refractivity contribution in [2.24, 2.45) is 21.8 Å². The summed E-state index contributed by atoms with van der Waals surface area (Å²) in [5, 5.41) is 9.54. The fourth-order valence-electron chi connectivity index (χ4n) is 10.7. The lowest BCUT2D eigenvalue weighted by atomic mass is 9.95. The van der Waals surface area contributed by atoms with Crippen LogP contribution in [0, 0.1) is 17.7 Å². The molecule has 3 aromatic carbocycles. The van der Waals surface area contributed by atoms with Gasteiger partial charge in [-0.2, -0.15) is 54.0 Å². The van der Waals surface area contributed by atoms with E-state index in [0.717, 1.165) is 80.4 Å². The van der Waals surface area contributed by atoms with Crippen LogP contribution in [0.1, 0.15) is 89.1 Å². The second-order valence-corrected chi connectivity index (χ2v) is 20.1. The molecule has 0 spiro atoms. The lowest BCUT2D eigenvalue weighted by Gasteiger charge is -2.31. The fraction of sp³-hybridized carbons (Fsp3) is 0.396. The number of nitrogens with zero attached hydrogens (tertiary/aromatic N) is 5. The summed E-state index contributed by atoms with van der Waals surface area (Å²) in [5.41, 5.74) is 8.14. The number of amides is 4. The Bertz CT molecular complexity index is 3060. The normalized spacial score (nSPS) is 19.4. The minimum Gasteiger partial charge on any atom is -0.465 e. The number of methoxy groups -OCH3 is 2. The first-order valence-corrected chi connectivity index (χ1v) is 24.6. The van der Waals surface area contributed by atoms with Crippen LogP contribution in [0.4, 0.5) is 14.0 Å². The van der Waals surface area contributed by atoms with Gasteiger partial charge >= 0.3 is 12.2 Å². The molecule has 2 aromatic heterocycles. The van der Waals surface area contributed by atoms with Gasteiger partial charge in [0.1, 0.15) is 23.7 Å². The van der Waals surface area contributed by atoms with E-state index in [1.54, 1.807) is 23.6 Å². The van der Waals surface area contributed by atoms with Gasteiger partial charge in [0.2, 0.25) is 18.0 Å². The number of fused-ring (bicyclic) bond motifs is 6. The number of carbonyl (C=O) groups excluding carboxylic acids is 4. The van der Waals surface area contributed by atoms with Gasteiger partial charge in [-0.1, -0.05) is 52.0 Å². The third kappa shape index (κ3) is 10.6. The Hall–Kier alpha value is -5.41. The molecule has 14 nitrogen and oxygen atoms in total. The summed E-state index contributed by atoms with van der Waals surface area (Å²) < 4.78 is 36.9. The van der Waals surface area contributed by atoms with Gasteiger partial charge in [-0.25, -0.2) is 14.0 Å². The van der Waals surface area contributed by atoms with Crippen molar-refractivity contribution < 1.29 is 37.8 Å². The second-order valence-electron chi connectivity index (χ2n) is 19.2. The minimum atomic E-state index is -0.744. The van der Waals surface area contributed by atoms with E-state index in [9.17, 15) is 19.2 Å². The summed E-state index contributed by atoms with van der Waals surface area (Å²) in [6.07, 6.45) is 5.93. The monoisotopic (exact) mass is 1090 g/mol. The summed E-state index contributed by atoms with van der Waals surface area (Å²) in [6, 6.07) is 18.1. The van der Waals surface area contributed by atoms with Crippen molar-refractivity contribution in [1.29, 1.82) is 0 Å². The summed E-state index contributed by atoms with van der Waals surface area (Å²) in [7, 11) is 2.57. The zero-order valence-corrected chi connectivity index (χ0v) is 46.4. The average Bonchev–Trinajstić information content (AvgIpc) is 4.21. The molecule has 73 heavy (non-hydrogen) atoms. The van der Waals surface area contributed by atoms with Crippen LogP contribution in [0.3, 0.4) is 0 Å². The number of aromatic nitrogens is 1. The molecule has 2 fully saturated rings. The van der Waals surface area contributed by atoms with Crippen LogP contribution in [0.5, 0.6) is 5.75 Å². The van der Waals surface area contributed by atoms with Crippen LogP contribution in [0.2, 0.25) is 0 Å². The zero-order valence-electron chi connectivity index (χ0n) is 41.6. The van der Waals surface area contributed by atoms with Gasteiger partial charge in [0, 0.05) is 76.2 Å². The molecule has 0 aliphatic carbocycles. The molecular weight excluding hydrogens is 1030 g/mol. The highest BCUT2D eigenvalue weighted by atomic mass is 32.1. The maximum Gasteiger partial charge on any atom is 0.407 e. The smallest absolute Gasteiger partial charge is 0.407 e. The Labute approximate surface area is 456 Å². The number of benzene rings is 3. The van der Waals surface area contributed by atoms with Crippen LogP contribution in [0.15, 0.2) is 88.4 Å². The molecule has 0 bridgehead atoms. The van der Waals surface area contributed by atoms with Crippen molar-refractivity contribution in [3.8, 4) is 17.0 Å². The Balaban J connectivity index is 0.00000217. The maximum atomic E-state index is 17.0. The minimum absolute atomic E-state index is 0. The fourth-order valence-corrected chi connectivity index (χ4v) is 11.7. The van der Waals surface area contributed by atoms with Crippen LogP contribution in [-0.2, 0) is 19.1 Å². The first-order chi connectivity index (χ1) is 33.3. The van der Waals surface area contributed by atoms with Gasteiger partial charge in [0.25, 0.3) is 0 Å². The molecule has 5 atom stereocenters. The molecule has 0 saturated carbocycles. The number of allylic oxidation sites excluding steroid dienone is 2. The maximum absolute atomic E-state index is 17.0. The number of aliphatic imine (C=N–C) groups is 2. The standard InChI is InChI=1S/C53H56FN7O7S.4H2S/c1-28(2)47(57-52(64)66-5)49(62)59-17-9-12-41(59)38-21-33(25-55-38)30-15-16-40-32(19-30)23-43-46-37(54)20-31(24-44(46)68-51(61(40)43)36-27-69-45-14-8-7-11-35(36)45)34-22-39(56-26-34)42-13-10-18-60(42)50(63)48(29(3)4)58-53(65)67-6;;;;/h7-8,11,14-16,19-20,23-29,41-42,47-48,51H,9-10,12-13,17-18,21-22H2,1-6H3,(H,57,64)(H,58,65);4*1H2/t41-,42-,47-,48-,51?;;;;/m0..../s1. The molecule has 2 saturated heterocycles. The Morgan fingerprint density at radius 3 is 1.86 bits per heavy atom. The van der Waals surface area contributed by atoms with E-state index in [4.69, 9.17) is 24.2 Å². The number of ether oxygens (including phenoxy) is 3. The highest BCUT2D eigenvalue weighted by Gasteiger charge is 2.41. The number of hydrogen-bond acceptors (Lipinski definition) is 10. The lowest BCUT2D eigenvalue weighted by molar-refractivity contribution is -0.134. The van der Waals surface area contributed by atoms with Gasteiger partial charge in [-0.15, -0.1) is 11.3 Å². The number of halogens is 1. The van der Waals surface area contributed by atoms with E-state index in [1.165, 1.54) is 14.2 Å². The molecule has 4 amide bonds. The van der Waals surface area contributed by atoms with Crippen molar-refractivity contribution in [2.45, 2.75) is 96.6 Å². The predicted molar refractivity (Wildman–Crippen MR) is 307 cm³/mol. The van der Waals surface area contributed by atoms with Crippen molar-refractivity contribution in [3.63, 3.8) is 0 Å². The average molecular weight is 1090 g/mol. The zero-order chi connectivity index (χ0) is 48.2. The summed E-state index contributed by atoms with van der Waals surface area (Å²) >= 11 is 1.64. The van der Waals surface area contributed by atoms with E-state index < -0.39 is 36.3 Å². The van der Waals surface area contributed by atoms with E-state index in [0.29, 0.717) is 48.5 Å². The van der Waals surface area contributed by atoms with Gasteiger partial charge in [0.15, 0.2) is 0 Å². The summed E-state index contributed by atoms with van der Waals surface area (Å²) in [5.74, 6) is -0.598. The topological polar surface area (TPSA) is 156 Å². The molecule has 1 unspecified atom stereocenters. The number of thiophene rings is 1. The Kier molecular flexibility index (Phi) is 18.3. The van der Waals surface area contributed by atoms with E-state index in [1.807, 2.05) is 68.0 Å². The van der Waals surface area contributed by atoms with E-state index in [2.05, 4.69) is 50.9 Å². The van der Waals surface area contributed by atoms with Gasteiger partial charge in [-0.3, -0.25) is 19.6 Å². The van der Waals surface area contributed by atoms with Crippen molar-refractivity contribution >= 4 is 133 Å². The molecule has 5 aliphatic heterocycles. The molecule has 10 rings (SSSR count). The van der Waals surface area contributed by atoms with Gasteiger partial charge in [0.05, 0.1) is 43.1 Å². The van der Waals surface area contributed by atoms with E-state index >= 15 is 4.39 Å². The number of hydrogen-bond donors (Lipinski definition) is 2.